The van der Waals surface area contributed by atoms with Crippen LogP contribution < -0.4 is 0 Å². The molecule has 108 valence electrons. The summed E-state index contributed by atoms with van der Waals surface area (Å²) in [6, 6.07) is -0.424. The molecule has 0 radical (unpaired) electrons. The van der Waals surface area contributed by atoms with Crippen molar-refractivity contribution in [1.82, 2.24) is 4.90 Å². The topological polar surface area (TPSA) is 46.6 Å². The second-order valence-electron chi connectivity index (χ2n) is 5.99. The van der Waals surface area contributed by atoms with Crippen LogP contribution in [0.3, 0.4) is 0 Å². The van der Waals surface area contributed by atoms with Gasteiger partial charge >= 0.3 is 5.97 Å². The Labute approximate surface area is 115 Å². The predicted molar refractivity (Wildman–Crippen MR) is 74.6 cm³/mol. The molecule has 4 heteroatoms. The summed E-state index contributed by atoms with van der Waals surface area (Å²) in [5.74, 6) is -0.335. The Bertz CT molecular complexity index is 379. The Balaban J connectivity index is 2.77. The molecule has 1 saturated heterocycles. The molecule has 0 aliphatic carbocycles. The summed E-state index contributed by atoms with van der Waals surface area (Å²) < 4.78 is 5.39. The van der Waals surface area contributed by atoms with Crippen molar-refractivity contribution in [1.29, 1.82) is 0 Å². The average Bonchev–Trinajstić information content (AvgIpc) is 2.74. The van der Waals surface area contributed by atoms with Crippen LogP contribution in [0.15, 0.2) is 11.6 Å². The molecule has 1 amide bonds. The highest BCUT2D eigenvalue weighted by molar-refractivity contribution is 5.96. The van der Waals surface area contributed by atoms with Gasteiger partial charge in [0.15, 0.2) is 0 Å². The molecule has 0 N–H and O–H groups in total. The van der Waals surface area contributed by atoms with Crippen molar-refractivity contribution >= 4 is 11.9 Å². The molecule has 1 aliphatic heterocycles. The van der Waals surface area contributed by atoms with Gasteiger partial charge in [-0.1, -0.05) is 13.0 Å². The van der Waals surface area contributed by atoms with Crippen LogP contribution in [0.2, 0.25) is 0 Å². The lowest BCUT2D eigenvalue weighted by Gasteiger charge is -2.27. The van der Waals surface area contributed by atoms with Crippen LogP contribution in [-0.4, -0.2) is 35.0 Å². The fourth-order valence-electron chi connectivity index (χ4n) is 2.24. The molecular formula is C15H25NO3. The molecular weight excluding hydrogens is 242 g/mol. The van der Waals surface area contributed by atoms with Gasteiger partial charge in [-0.05, 0) is 47.0 Å². The number of nitrogens with zero attached hydrogens (tertiary/aromatic N) is 1. The lowest BCUT2D eigenvalue weighted by molar-refractivity contribution is -0.162. The summed E-state index contributed by atoms with van der Waals surface area (Å²) in [7, 11) is 0. The Morgan fingerprint density at radius 2 is 2.00 bits per heavy atom. The SMILES string of the molecule is CC/C=C(/C)C(=O)N1CCC[C@H]1C(=O)OC(C)(C)C. The van der Waals surface area contributed by atoms with Crippen molar-refractivity contribution in [3.63, 3.8) is 0 Å². The van der Waals surface area contributed by atoms with Crippen molar-refractivity contribution < 1.29 is 14.3 Å². The number of allylic oxidation sites excluding steroid dienone is 1. The van der Waals surface area contributed by atoms with Crippen molar-refractivity contribution in [2.45, 2.75) is 65.5 Å². The summed E-state index contributed by atoms with van der Waals surface area (Å²) in [5, 5.41) is 0. The molecule has 1 rings (SSSR count). The molecule has 0 saturated carbocycles. The maximum Gasteiger partial charge on any atom is 0.329 e. The zero-order valence-electron chi connectivity index (χ0n) is 12.7. The van der Waals surface area contributed by atoms with E-state index in [2.05, 4.69) is 0 Å². The molecule has 19 heavy (non-hydrogen) atoms. The highest BCUT2D eigenvalue weighted by Gasteiger charge is 2.37. The second-order valence-corrected chi connectivity index (χ2v) is 5.99. The van der Waals surface area contributed by atoms with Gasteiger partial charge < -0.3 is 9.64 Å². The molecule has 0 aromatic heterocycles. The van der Waals surface area contributed by atoms with E-state index >= 15 is 0 Å². The quantitative estimate of drug-likeness (QED) is 0.583. The van der Waals surface area contributed by atoms with E-state index in [1.807, 2.05) is 33.8 Å². The normalized spacial score (nSPS) is 20.6. The van der Waals surface area contributed by atoms with E-state index < -0.39 is 11.6 Å². The molecule has 1 heterocycles. The first kappa shape index (κ1) is 15.7. The van der Waals surface area contributed by atoms with Gasteiger partial charge in [0.05, 0.1) is 0 Å². The smallest absolute Gasteiger partial charge is 0.329 e. The van der Waals surface area contributed by atoms with Gasteiger partial charge in [0, 0.05) is 12.1 Å². The van der Waals surface area contributed by atoms with E-state index in [1.165, 1.54) is 0 Å². The highest BCUT2D eigenvalue weighted by atomic mass is 16.6. The molecule has 0 aromatic rings. The van der Waals surface area contributed by atoms with Crippen molar-refractivity contribution in [3.05, 3.63) is 11.6 Å². The number of ether oxygens (including phenoxy) is 1. The fourth-order valence-corrected chi connectivity index (χ4v) is 2.24. The largest absolute Gasteiger partial charge is 0.458 e. The van der Waals surface area contributed by atoms with Crippen LogP contribution in [0.1, 0.15) is 53.9 Å². The first-order chi connectivity index (χ1) is 8.76. The molecule has 4 nitrogen and oxygen atoms in total. The van der Waals surface area contributed by atoms with Gasteiger partial charge in [-0.2, -0.15) is 0 Å². The van der Waals surface area contributed by atoms with Gasteiger partial charge in [0.25, 0.3) is 0 Å². The minimum atomic E-state index is -0.511. The third-order valence-electron chi connectivity index (χ3n) is 3.04. The van der Waals surface area contributed by atoms with E-state index in [4.69, 9.17) is 4.74 Å². The lowest BCUT2D eigenvalue weighted by Crippen LogP contribution is -2.43. The van der Waals surface area contributed by atoms with E-state index in [0.29, 0.717) is 18.5 Å². The standard InChI is InChI=1S/C15H25NO3/c1-6-8-11(2)13(17)16-10-7-9-12(16)14(18)19-15(3,4)5/h8,12H,6-7,9-10H2,1-5H3/b11-8-/t12-/m0/s1. The number of carbonyl (C=O) groups excluding carboxylic acids is 2. The van der Waals surface area contributed by atoms with Crippen LogP contribution in [0.4, 0.5) is 0 Å². The molecule has 0 spiro atoms. The summed E-state index contributed by atoms with van der Waals surface area (Å²) in [6.07, 6.45) is 4.27. The molecule has 0 unspecified atom stereocenters. The van der Waals surface area contributed by atoms with Crippen molar-refractivity contribution in [3.8, 4) is 0 Å². The maximum atomic E-state index is 12.3. The molecule has 1 fully saturated rings. The monoisotopic (exact) mass is 267 g/mol. The Morgan fingerprint density at radius 3 is 2.53 bits per heavy atom. The van der Waals surface area contributed by atoms with Crippen molar-refractivity contribution in [2.75, 3.05) is 6.54 Å². The van der Waals surface area contributed by atoms with E-state index in [1.54, 1.807) is 11.8 Å². The maximum absolute atomic E-state index is 12.3. The van der Waals surface area contributed by atoms with Crippen LogP contribution >= 0.6 is 0 Å². The molecule has 1 aliphatic rings. The molecule has 0 aromatic carbocycles. The first-order valence-corrected chi connectivity index (χ1v) is 6.97. The first-order valence-electron chi connectivity index (χ1n) is 6.97. The Kier molecular flexibility index (Phi) is 5.15. The molecule has 0 bridgehead atoms. The number of rotatable bonds is 3. The number of hydrogen-bond donors (Lipinski definition) is 0. The Hall–Kier alpha value is -1.32. The fraction of sp³-hybridized carbons (Fsp3) is 0.733. The van der Waals surface area contributed by atoms with E-state index in [-0.39, 0.29) is 11.9 Å². The van der Waals surface area contributed by atoms with Gasteiger partial charge in [-0.3, -0.25) is 4.79 Å². The van der Waals surface area contributed by atoms with Gasteiger partial charge in [0.2, 0.25) is 5.91 Å². The van der Waals surface area contributed by atoms with Crippen LogP contribution in [0.25, 0.3) is 0 Å². The van der Waals surface area contributed by atoms with E-state index in [9.17, 15) is 9.59 Å². The van der Waals surface area contributed by atoms with Gasteiger partial charge in [0.1, 0.15) is 11.6 Å². The zero-order chi connectivity index (χ0) is 14.6. The summed E-state index contributed by atoms with van der Waals surface area (Å²) in [6.45, 7) is 9.96. The average molecular weight is 267 g/mol. The second kappa shape index (κ2) is 6.22. The molecule has 1 atom stereocenters. The number of likely N-dealkylation sites (tertiary alicyclic amines) is 1. The lowest BCUT2D eigenvalue weighted by atomic mass is 10.1. The minimum Gasteiger partial charge on any atom is -0.458 e. The van der Waals surface area contributed by atoms with Crippen molar-refractivity contribution in [2.24, 2.45) is 0 Å². The third kappa shape index (κ3) is 4.37. The van der Waals surface area contributed by atoms with Gasteiger partial charge in [-0.15, -0.1) is 0 Å². The van der Waals surface area contributed by atoms with Crippen LogP contribution in [0, 0.1) is 0 Å². The number of amides is 1. The zero-order valence-corrected chi connectivity index (χ0v) is 12.7. The number of esters is 1. The highest BCUT2D eigenvalue weighted by Crippen LogP contribution is 2.22. The number of carbonyl (C=O) groups is 2. The van der Waals surface area contributed by atoms with Crippen LogP contribution in [0.5, 0.6) is 0 Å². The summed E-state index contributed by atoms with van der Waals surface area (Å²) in [4.78, 5) is 26.0. The number of hydrogen-bond acceptors (Lipinski definition) is 3. The third-order valence-corrected chi connectivity index (χ3v) is 3.04. The van der Waals surface area contributed by atoms with Gasteiger partial charge in [-0.25, -0.2) is 4.79 Å². The van der Waals surface area contributed by atoms with E-state index in [0.717, 1.165) is 12.8 Å². The summed E-state index contributed by atoms with van der Waals surface area (Å²) >= 11 is 0. The van der Waals surface area contributed by atoms with Crippen LogP contribution in [-0.2, 0) is 14.3 Å². The minimum absolute atomic E-state index is 0.0461. The summed E-state index contributed by atoms with van der Waals surface area (Å²) in [5.41, 5.74) is 0.195. The Morgan fingerprint density at radius 1 is 1.37 bits per heavy atom. The predicted octanol–water partition coefficient (Wildman–Crippen LogP) is 2.68.